The molecule has 1 atom stereocenters. The lowest BCUT2D eigenvalue weighted by Gasteiger charge is -2.14. The molecule has 0 spiro atoms. The van der Waals surface area contributed by atoms with Crippen molar-refractivity contribution in [1.29, 1.82) is 0 Å². The first kappa shape index (κ1) is 17.1. The van der Waals surface area contributed by atoms with Crippen LogP contribution in [0.2, 0.25) is 0 Å². The van der Waals surface area contributed by atoms with Crippen molar-refractivity contribution in [2.24, 2.45) is 0 Å². The molecular weight excluding hydrogens is 380 g/mol. The zero-order valence-corrected chi connectivity index (χ0v) is 15.2. The lowest BCUT2D eigenvalue weighted by atomic mass is 10.1. The summed E-state index contributed by atoms with van der Waals surface area (Å²) >= 11 is 3.40. The fourth-order valence-electron chi connectivity index (χ4n) is 2.33. The molecule has 25 heavy (non-hydrogen) atoms. The van der Waals surface area contributed by atoms with Crippen LogP contribution in [0, 0.1) is 0 Å². The topological polar surface area (TPSA) is 66.9 Å². The van der Waals surface area contributed by atoms with Gasteiger partial charge in [-0.2, -0.15) is 0 Å². The summed E-state index contributed by atoms with van der Waals surface area (Å²) in [5, 5.41) is 6.11. The quantitative estimate of drug-likeness (QED) is 0.667. The van der Waals surface area contributed by atoms with Crippen LogP contribution in [0.3, 0.4) is 0 Å². The third-order valence-corrected chi connectivity index (χ3v) is 4.19. The minimum absolute atomic E-state index is 0.105. The van der Waals surface area contributed by atoms with Crippen molar-refractivity contribution in [1.82, 2.24) is 15.3 Å². The average molecular weight is 397 g/mol. The molecule has 6 heteroatoms. The number of nitrogens with one attached hydrogen (secondary N) is 2. The van der Waals surface area contributed by atoms with E-state index in [1.165, 1.54) is 6.33 Å². The summed E-state index contributed by atoms with van der Waals surface area (Å²) in [5.74, 6) is 0.326. The number of halogens is 1. The highest BCUT2D eigenvalue weighted by molar-refractivity contribution is 9.10. The predicted molar refractivity (Wildman–Crippen MR) is 102 cm³/mol. The maximum atomic E-state index is 12.4. The normalized spacial score (nSPS) is 11.6. The first-order chi connectivity index (χ1) is 12.1. The predicted octanol–water partition coefficient (Wildman–Crippen LogP) is 4.47. The highest BCUT2D eigenvalue weighted by Crippen LogP contribution is 2.18. The molecule has 2 aromatic carbocycles. The second-order valence-corrected chi connectivity index (χ2v) is 6.44. The molecule has 0 radical (unpaired) electrons. The third kappa shape index (κ3) is 4.64. The summed E-state index contributed by atoms with van der Waals surface area (Å²) in [7, 11) is 0. The number of amides is 1. The number of hydrogen-bond donors (Lipinski definition) is 2. The van der Waals surface area contributed by atoms with Gasteiger partial charge < -0.3 is 10.6 Å². The van der Waals surface area contributed by atoms with E-state index in [9.17, 15) is 4.79 Å². The fraction of sp³-hybridized carbons (Fsp3) is 0.105. The second-order valence-electron chi connectivity index (χ2n) is 5.53. The smallest absolute Gasteiger partial charge is 0.270 e. The minimum Gasteiger partial charge on any atom is -0.344 e. The molecule has 3 aromatic rings. The number of rotatable bonds is 5. The van der Waals surface area contributed by atoms with Gasteiger partial charge in [-0.3, -0.25) is 4.79 Å². The molecule has 3 rings (SSSR count). The molecule has 2 N–H and O–H groups in total. The van der Waals surface area contributed by atoms with Gasteiger partial charge in [0.25, 0.3) is 5.91 Å². The maximum absolute atomic E-state index is 12.4. The number of carbonyl (C=O) groups is 1. The Morgan fingerprint density at radius 3 is 2.48 bits per heavy atom. The van der Waals surface area contributed by atoms with Crippen LogP contribution >= 0.6 is 15.9 Å². The molecule has 1 amide bonds. The summed E-state index contributed by atoms with van der Waals surface area (Å²) in [4.78, 5) is 20.7. The van der Waals surface area contributed by atoms with E-state index in [0.717, 1.165) is 15.7 Å². The Morgan fingerprint density at radius 2 is 1.76 bits per heavy atom. The van der Waals surface area contributed by atoms with E-state index in [2.05, 4.69) is 36.5 Å². The molecule has 0 saturated heterocycles. The summed E-state index contributed by atoms with van der Waals surface area (Å²) in [6, 6.07) is 19.0. The summed E-state index contributed by atoms with van der Waals surface area (Å²) in [6.07, 6.45) is 1.38. The molecule has 126 valence electrons. The highest BCUT2D eigenvalue weighted by Gasteiger charge is 2.13. The molecule has 5 nitrogen and oxygen atoms in total. The molecule has 0 aliphatic carbocycles. The summed E-state index contributed by atoms with van der Waals surface area (Å²) in [6.45, 7) is 1.94. The van der Waals surface area contributed by atoms with Gasteiger partial charge in [0, 0.05) is 16.2 Å². The third-order valence-electron chi connectivity index (χ3n) is 3.66. The Balaban J connectivity index is 1.70. The number of anilines is 2. The van der Waals surface area contributed by atoms with Crippen molar-refractivity contribution in [3.63, 3.8) is 0 Å². The van der Waals surface area contributed by atoms with E-state index in [0.29, 0.717) is 11.5 Å². The number of nitrogens with zero attached hydrogens (tertiary/aromatic N) is 2. The van der Waals surface area contributed by atoms with Gasteiger partial charge in [-0.25, -0.2) is 9.97 Å². The zero-order valence-electron chi connectivity index (χ0n) is 13.6. The standard InChI is InChI=1S/C19H17BrN4O/c1-13(14-5-3-2-4-6-14)23-19(25)17-11-18(22-12-21-17)24-16-9-7-15(20)8-10-16/h2-13H,1H3,(H,23,25)(H,21,22,24). The van der Waals surface area contributed by atoms with Crippen LogP contribution in [0.1, 0.15) is 29.0 Å². The molecule has 0 bridgehead atoms. The van der Waals surface area contributed by atoms with Crippen molar-refractivity contribution in [2.45, 2.75) is 13.0 Å². The monoisotopic (exact) mass is 396 g/mol. The number of hydrogen-bond acceptors (Lipinski definition) is 4. The first-order valence-electron chi connectivity index (χ1n) is 7.82. The van der Waals surface area contributed by atoms with Crippen LogP contribution in [0.25, 0.3) is 0 Å². The molecule has 0 aliphatic heterocycles. The van der Waals surface area contributed by atoms with Gasteiger partial charge >= 0.3 is 0 Å². The van der Waals surface area contributed by atoms with Gasteiger partial charge in [-0.15, -0.1) is 0 Å². The lowest BCUT2D eigenvalue weighted by molar-refractivity contribution is 0.0934. The van der Waals surface area contributed by atoms with Crippen LogP contribution in [-0.4, -0.2) is 15.9 Å². The van der Waals surface area contributed by atoms with E-state index < -0.39 is 0 Å². The van der Waals surface area contributed by atoms with Crippen molar-refractivity contribution in [3.8, 4) is 0 Å². The molecule has 1 aromatic heterocycles. The van der Waals surface area contributed by atoms with E-state index >= 15 is 0 Å². The molecule has 0 aliphatic rings. The van der Waals surface area contributed by atoms with Crippen LogP contribution in [-0.2, 0) is 0 Å². The largest absolute Gasteiger partial charge is 0.344 e. The number of carbonyl (C=O) groups excluding carboxylic acids is 1. The van der Waals surface area contributed by atoms with Gasteiger partial charge in [-0.1, -0.05) is 46.3 Å². The number of aromatic nitrogens is 2. The van der Waals surface area contributed by atoms with Crippen LogP contribution < -0.4 is 10.6 Å². The number of benzene rings is 2. The van der Waals surface area contributed by atoms with Crippen LogP contribution in [0.4, 0.5) is 11.5 Å². The SMILES string of the molecule is CC(NC(=O)c1cc(Nc2ccc(Br)cc2)ncn1)c1ccccc1. The van der Waals surface area contributed by atoms with E-state index in [1.807, 2.05) is 61.5 Å². The Labute approximate surface area is 154 Å². The Kier molecular flexibility index (Phi) is 5.40. The average Bonchev–Trinajstić information content (AvgIpc) is 2.64. The van der Waals surface area contributed by atoms with Gasteiger partial charge in [0.2, 0.25) is 0 Å². The summed E-state index contributed by atoms with van der Waals surface area (Å²) < 4.78 is 0.996. The minimum atomic E-state index is -0.238. The second kappa shape index (κ2) is 7.90. The first-order valence-corrected chi connectivity index (χ1v) is 8.61. The van der Waals surface area contributed by atoms with Gasteiger partial charge in [0.15, 0.2) is 0 Å². The fourth-order valence-corrected chi connectivity index (χ4v) is 2.59. The van der Waals surface area contributed by atoms with Gasteiger partial charge in [-0.05, 0) is 36.8 Å². The van der Waals surface area contributed by atoms with E-state index in [-0.39, 0.29) is 11.9 Å². The zero-order chi connectivity index (χ0) is 17.6. The van der Waals surface area contributed by atoms with Crippen molar-refractivity contribution >= 4 is 33.3 Å². The van der Waals surface area contributed by atoms with Crippen molar-refractivity contribution in [3.05, 3.63) is 82.7 Å². The summed E-state index contributed by atoms with van der Waals surface area (Å²) in [5.41, 5.74) is 2.24. The molecule has 0 fully saturated rings. The van der Waals surface area contributed by atoms with Crippen LogP contribution in [0.15, 0.2) is 71.5 Å². The van der Waals surface area contributed by atoms with Gasteiger partial charge in [0.1, 0.15) is 17.8 Å². The molecular formula is C19H17BrN4O. The Morgan fingerprint density at radius 1 is 1.04 bits per heavy atom. The van der Waals surface area contributed by atoms with Gasteiger partial charge in [0.05, 0.1) is 6.04 Å². The van der Waals surface area contributed by atoms with Crippen molar-refractivity contribution < 1.29 is 4.79 Å². The van der Waals surface area contributed by atoms with Crippen LogP contribution in [0.5, 0.6) is 0 Å². The van der Waals surface area contributed by atoms with E-state index in [1.54, 1.807) is 6.07 Å². The Hall–Kier alpha value is -2.73. The lowest BCUT2D eigenvalue weighted by Crippen LogP contribution is -2.27. The molecule has 1 unspecified atom stereocenters. The van der Waals surface area contributed by atoms with E-state index in [4.69, 9.17) is 0 Å². The molecule has 1 heterocycles. The Bertz CT molecular complexity index is 853. The highest BCUT2D eigenvalue weighted by atomic mass is 79.9. The maximum Gasteiger partial charge on any atom is 0.270 e. The molecule has 0 saturated carbocycles. The van der Waals surface area contributed by atoms with Crippen molar-refractivity contribution in [2.75, 3.05) is 5.32 Å².